The predicted octanol–water partition coefficient (Wildman–Crippen LogP) is 5.99. The highest BCUT2D eigenvalue weighted by Crippen LogP contribution is 2.39. The summed E-state index contributed by atoms with van der Waals surface area (Å²) in [5, 5.41) is 21.5. The summed E-state index contributed by atoms with van der Waals surface area (Å²) >= 11 is 0. The van der Waals surface area contributed by atoms with Crippen molar-refractivity contribution in [2.45, 2.75) is 78.4 Å². The maximum Gasteiger partial charge on any atom is 0.194 e. The molecule has 2 N–H and O–H groups in total. The van der Waals surface area contributed by atoms with E-state index in [-0.39, 0.29) is 5.78 Å². The van der Waals surface area contributed by atoms with Crippen LogP contribution in [0.2, 0.25) is 0 Å². The van der Waals surface area contributed by atoms with Crippen molar-refractivity contribution in [1.29, 1.82) is 0 Å². The molecule has 0 aliphatic heterocycles. The van der Waals surface area contributed by atoms with Crippen LogP contribution in [-0.2, 0) is 0 Å². The molecular weight excluding hydrogens is 448 g/mol. The Kier molecular flexibility index (Phi) is 11.1. The summed E-state index contributed by atoms with van der Waals surface area (Å²) < 4.78 is 0. The topological polar surface area (TPSA) is 64.0 Å². The van der Waals surface area contributed by atoms with Gasteiger partial charge in [0.05, 0.1) is 12.2 Å². The van der Waals surface area contributed by atoms with Crippen LogP contribution in [0.15, 0.2) is 36.4 Å². The third kappa shape index (κ3) is 7.04. The van der Waals surface area contributed by atoms with Gasteiger partial charge in [-0.25, -0.2) is 0 Å². The average molecular weight is 495 g/mol. The van der Waals surface area contributed by atoms with Crippen LogP contribution in [0, 0.1) is 0 Å². The summed E-state index contributed by atoms with van der Waals surface area (Å²) in [4.78, 5) is 18.1. The Labute approximate surface area is 218 Å². The van der Waals surface area contributed by atoms with Crippen molar-refractivity contribution >= 4 is 5.78 Å². The molecule has 5 heteroatoms. The van der Waals surface area contributed by atoms with Crippen LogP contribution in [0.4, 0.5) is 0 Å². The number of rotatable bonds is 16. The van der Waals surface area contributed by atoms with E-state index in [4.69, 9.17) is 0 Å². The molecule has 5 nitrogen and oxygen atoms in total. The molecule has 0 aromatic heterocycles. The van der Waals surface area contributed by atoms with Crippen LogP contribution >= 0.6 is 0 Å². The Morgan fingerprint density at radius 2 is 1.00 bits per heavy atom. The van der Waals surface area contributed by atoms with Gasteiger partial charge in [-0.2, -0.15) is 0 Å². The predicted molar refractivity (Wildman–Crippen MR) is 149 cm³/mol. The van der Waals surface area contributed by atoms with Crippen LogP contribution in [0.25, 0.3) is 11.1 Å². The van der Waals surface area contributed by atoms with Crippen molar-refractivity contribution < 1.29 is 15.0 Å². The smallest absolute Gasteiger partial charge is 0.194 e. The molecule has 2 aromatic rings. The van der Waals surface area contributed by atoms with Gasteiger partial charge in [0.2, 0.25) is 0 Å². The van der Waals surface area contributed by atoms with Crippen molar-refractivity contribution in [3.8, 4) is 11.1 Å². The van der Waals surface area contributed by atoms with Gasteiger partial charge < -0.3 is 20.0 Å². The highest BCUT2D eigenvalue weighted by atomic mass is 16.3. The summed E-state index contributed by atoms with van der Waals surface area (Å²) in [6, 6.07) is 11.6. The Bertz CT molecular complexity index is 904. The normalized spacial score (nSPS) is 14.4. The van der Waals surface area contributed by atoms with E-state index in [1.807, 2.05) is 36.4 Å². The minimum atomic E-state index is -0.558. The first kappa shape index (κ1) is 28.5. The summed E-state index contributed by atoms with van der Waals surface area (Å²) in [6.45, 7) is 15.1. The van der Waals surface area contributed by atoms with Gasteiger partial charge in [-0.1, -0.05) is 52.0 Å². The standard InChI is InChI=1S/C31H46N2O3/c1-5-32(6-2)19-11-9-13-29(34)23-15-17-25-26-18-16-24(22-28(26)31(36)27(25)21-23)30(35)14-10-12-20-33(7-3)8-4/h15-18,21-22,29-30,34-35H,5-14,19-20H2,1-4H3. The second-order valence-electron chi connectivity index (χ2n) is 10.0. The van der Waals surface area contributed by atoms with Crippen LogP contribution in [-0.4, -0.2) is 65.1 Å². The Morgan fingerprint density at radius 1 is 0.611 bits per heavy atom. The van der Waals surface area contributed by atoms with E-state index in [2.05, 4.69) is 37.5 Å². The SMILES string of the molecule is CCN(CC)CCCCC(O)c1ccc2c(c1)C(=O)c1cc(C(O)CCCCN(CC)CC)ccc1-2. The quantitative estimate of drug-likeness (QED) is 0.240. The molecule has 0 bridgehead atoms. The van der Waals surface area contributed by atoms with Crippen LogP contribution < -0.4 is 0 Å². The first-order valence-electron chi connectivity index (χ1n) is 14.1. The fraction of sp³-hybridized carbons (Fsp3) is 0.581. The van der Waals surface area contributed by atoms with E-state index in [1.165, 1.54) is 0 Å². The maximum absolute atomic E-state index is 13.3. The van der Waals surface area contributed by atoms with E-state index in [9.17, 15) is 15.0 Å². The molecule has 1 aliphatic carbocycles. The lowest BCUT2D eigenvalue weighted by atomic mass is 9.97. The Balaban J connectivity index is 1.59. The molecule has 2 unspecified atom stereocenters. The fourth-order valence-electron chi connectivity index (χ4n) is 5.29. The molecular formula is C31H46N2O3. The van der Waals surface area contributed by atoms with Gasteiger partial charge >= 0.3 is 0 Å². The molecule has 0 amide bonds. The molecule has 0 spiro atoms. The molecule has 1 aliphatic rings. The zero-order valence-corrected chi connectivity index (χ0v) is 22.8. The number of ketones is 1. The number of aliphatic hydroxyl groups is 2. The Morgan fingerprint density at radius 3 is 1.36 bits per heavy atom. The second-order valence-corrected chi connectivity index (χ2v) is 10.0. The van der Waals surface area contributed by atoms with Gasteiger partial charge in [0, 0.05) is 11.1 Å². The van der Waals surface area contributed by atoms with Crippen molar-refractivity contribution in [2.75, 3.05) is 39.3 Å². The minimum Gasteiger partial charge on any atom is -0.388 e. The minimum absolute atomic E-state index is 0.00818. The zero-order chi connectivity index (χ0) is 26.1. The molecule has 2 atom stereocenters. The van der Waals surface area contributed by atoms with Crippen molar-refractivity contribution in [3.05, 3.63) is 58.7 Å². The first-order valence-corrected chi connectivity index (χ1v) is 14.1. The lowest BCUT2D eigenvalue weighted by molar-refractivity contribution is 0.104. The molecule has 2 aromatic carbocycles. The van der Waals surface area contributed by atoms with Crippen LogP contribution in [0.3, 0.4) is 0 Å². The molecule has 0 fully saturated rings. The lowest BCUT2D eigenvalue weighted by Gasteiger charge is -2.18. The number of nitrogens with zero attached hydrogens (tertiary/aromatic N) is 2. The number of fused-ring (bicyclic) bond motifs is 3. The van der Waals surface area contributed by atoms with Gasteiger partial charge in [0.1, 0.15) is 0 Å². The van der Waals surface area contributed by atoms with Gasteiger partial charge in [0.15, 0.2) is 5.78 Å². The number of hydrogen-bond acceptors (Lipinski definition) is 5. The number of aliphatic hydroxyl groups excluding tert-OH is 2. The second kappa shape index (κ2) is 14.0. The monoisotopic (exact) mass is 494 g/mol. The van der Waals surface area contributed by atoms with E-state index in [0.29, 0.717) is 24.0 Å². The third-order valence-corrected chi connectivity index (χ3v) is 7.83. The lowest BCUT2D eigenvalue weighted by Crippen LogP contribution is -2.23. The summed E-state index contributed by atoms with van der Waals surface area (Å²) in [5.74, 6) is -0.00818. The first-order chi connectivity index (χ1) is 17.4. The van der Waals surface area contributed by atoms with Gasteiger partial charge in [-0.05, 0) is 112 Å². The molecule has 0 heterocycles. The highest BCUT2D eigenvalue weighted by molar-refractivity contribution is 6.21. The van der Waals surface area contributed by atoms with Crippen LogP contribution in [0.1, 0.15) is 105 Å². The third-order valence-electron chi connectivity index (χ3n) is 7.83. The summed E-state index contributed by atoms with van der Waals surface area (Å²) in [7, 11) is 0. The molecule has 0 radical (unpaired) electrons. The van der Waals surface area contributed by atoms with Crippen LogP contribution in [0.5, 0.6) is 0 Å². The fourth-order valence-corrected chi connectivity index (χ4v) is 5.29. The molecule has 0 saturated carbocycles. The number of unbranched alkanes of at least 4 members (excludes halogenated alkanes) is 2. The van der Waals surface area contributed by atoms with E-state index in [0.717, 1.165) is 87.2 Å². The number of carbonyl (C=O) groups is 1. The number of hydrogen-bond donors (Lipinski definition) is 2. The molecule has 3 rings (SSSR count). The van der Waals surface area contributed by atoms with Crippen molar-refractivity contribution in [1.82, 2.24) is 9.80 Å². The van der Waals surface area contributed by atoms with Gasteiger partial charge in [0.25, 0.3) is 0 Å². The van der Waals surface area contributed by atoms with Gasteiger partial charge in [-0.15, -0.1) is 0 Å². The number of carbonyl (C=O) groups excluding carboxylic acids is 1. The molecule has 36 heavy (non-hydrogen) atoms. The van der Waals surface area contributed by atoms with Crippen molar-refractivity contribution in [3.63, 3.8) is 0 Å². The van der Waals surface area contributed by atoms with Gasteiger partial charge in [-0.3, -0.25) is 4.79 Å². The molecule has 0 saturated heterocycles. The zero-order valence-electron chi connectivity index (χ0n) is 22.8. The Hall–Kier alpha value is -2.05. The highest BCUT2D eigenvalue weighted by Gasteiger charge is 2.28. The van der Waals surface area contributed by atoms with E-state index >= 15 is 0 Å². The van der Waals surface area contributed by atoms with E-state index in [1.54, 1.807) is 0 Å². The largest absolute Gasteiger partial charge is 0.388 e. The van der Waals surface area contributed by atoms with E-state index < -0.39 is 12.2 Å². The summed E-state index contributed by atoms with van der Waals surface area (Å²) in [5.41, 5.74) is 4.80. The average Bonchev–Trinajstić information content (AvgIpc) is 3.19. The van der Waals surface area contributed by atoms with Crippen molar-refractivity contribution in [2.24, 2.45) is 0 Å². The summed E-state index contributed by atoms with van der Waals surface area (Å²) in [6.07, 6.45) is 4.33. The maximum atomic E-state index is 13.3. The molecule has 198 valence electrons. The number of benzene rings is 2.